The highest BCUT2D eigenvalue weighted by Gasteiger charge is 2.33. The second-order valence-electron chi connectivity index (χ2n) is 4.80. The van der Waals surface area contributed by atoms with Crippen molar-refractivity contribution >= 4 is 22.4 Å². The molecule has 0 amide bonds. The third kappa shape index (κ3) is 3.70. The van der Waals surface area contributed by atoms with Gasteiger partial charge >= 0.3 is 5.97 Å². The summed E-state index contributed by atoms with van der Waals surface area (Å²) in [5.74, 6) is -0.298. The van der Waals surface area contributed by atoms with Gasteiger partial charge in [-0.15, -0.1) is 11.3 Å². The maximum atomic E-state index is 11.9. The fourth-order valence-corrected chi connectivity index (χ4v) is 3.41. The van der Waals surface area contributed by atoms with Gasteiger partial charge in [0.15, 0.2) is 5.13 Å². The zero-order valence-electron chi connectivity index (χ0n) is 12.1. The van der Waals surface area contributed by atoms with Crippen LogP contribution in [0.25, 0.3) is 0 Å². The molecule has 0 aromatic carbocycles. The number of carbonyl (C=O) groups excluding carboxylic acids is 1. The predicted molar refractivity (Wildman–Crippen MR) is 79.4 cm³/mol. The molecular formula is C14H22N2O3S. The Morgan fingerprint density at radius 1 is 1.50 bits per heavy atom. The van der Waals surface area contributed by atoms with Crippen LogP contribution in [0.3, 0.4) is 0 Å². The highest BCUT2D eigenvalue weighted by molar-refractivity contribution is 7.15. The van der Waals surface area contributed by atoms with E-state index in [-0.39, 0.29) is 11.9 Å². The van der Waals surface area contributed by atoms with Crippen LogP contribution in [0.15, 0.2) is 0 Å². The van der Waals surface area contributed by atoms with Crippen molar-refractivity contribution in [2.45, 2.75) is 38.5 Å². The topological polar surface area (TPSA) is 60.5 Å². The fourth-order valence-electron chi connectivity index (χ4n) is 2.34. The van der Waals surface area contributed by atoms with Crippen LogP contribution in [0, 0.1) is 0 Å². The van der Waals surface area contributed by atoms with Crippen molar-refractivity contribution in [3.63, 3.8) is 0 Å². The standard InChI is InChI=1S/C14H22N2O3S/c1-3-19-13(17)10-6-7-11-12(10)16-14(20-11)15-8-4-5-9-18-2/h10H,3-9H2,1-2H3,(H,15,16). The fraction of sp³-hybridized carbons (Fsp3) is 0.714. The first kappa shape index (κ1) is 15.3. The van der Waals surface area contributed by atoms with Gasteiger partial charge in [-0.05, 0) is 32.6 Å². The van der Waals surface area contributed by atoms with Gasteiger partial charge in [-0.1, -0.05) is 0 Å². The van der Waals surface area contributed by atoms with Crippen LogP contribution >= 0.6 is 11.3 Å². The number of carbonyl (C=O) groups is 1. The third-order valence-corrected chi connectivity index (χ3v) is 4.43. The normalized spacial score (nSPS) is 17.0. The molecule has 0 aliphatic heterocycles. The van der Waals surface area contributed by atoms with E-state index in [1.807, 2.05) is 6.92 Å². The molecule has 5 nitrogen and oxygen atoms in total. The van der Waals surface area contributed by atoms with Gasteiger partial charge < -0.3 is 14.8 Å². The van der Waals surface area contributed by atoms with E-state index in [0.717, 1.165) is 49.7 Å². The van der Waals surface area contributed by atoms with Crippen molar-refractivity contribution in [1.82, 2.24) is 4.98 Å². The molecule has 0 radical (unpaired) electrons. The number of nitrogens with one attached hydrogen (secondary N) is 1. The smallest absolute Gasteiger partial charge is 0.315 e. The van der Waals surface area contributed by atoms with Crippen LogP contribution < -0.4 is 5.32 Å². The first-order chi connectivity index (χ1) is 9.76. The lowest BCUT2D eigenvalue weighted by molar-refractivity contribution is -0.145. The summed E-state index contributed by atoms with van der Waals surface area (Å²) in [6, 6.07) is 0. The molecule has 1 heterocycles. The van der Waals surface area contributed by atoms with Crippen molar-refractivity contribution in [2.75, 3.05) is 32.2 Å². The second-order valence-corrected chi connectivity index (χ2v) is 5.88. The van der Waals surface area contributed by atoms with E-state index in [1.54, 1.807) is 18.4 Å². The molecule has 1 aliphatic carbocycles. The Hall–Kier alpha value is -1.14. The van der Waals surface area contributed by atoms with Crippen LogP contribution in [0.5, 0.6) is 0 Å². The molecule has 0 saturated carbocycles. The molecule has 1 aromatic heterocycles. The van der Waals surface area contributed by atoms with E-state index >= 15 is 0 Å². The monoisotopic (exact) mass is 298 g/mol. The summed E-state index contributed by atoms with van der Waals surface area (Å²) in [7, 11) is 1.72. The number of anilines is 1. The minimum atomic E-state index is -0.162. The summed E-state index contributed by atoms with van der Waals surface area (Å²) >= 11 is 1.66. The number of fused-ring (bicyclic) bond motifs is 1. The van der Waals surface area contributed by atoms with Gasteiger partial charge in [0.1, 0.15) is 5.92 Å². The summed E-state index contributed by atoms with van der Waals surface area (Å²) in [5.41, 5.74) is 0.924. The van der Waals surface area contributed by atoms with Crippen molar-refractivity contribution < 1.29 is 14.3 Å². The summed E-state index contributed by atoms with van der Waals surface area (Å²) in [6.07, 6.45) is 3.86. The minimum absolute atomic E-state index is 0.136. The Kier molecular flexibility index (Phi) is 5.79. The molecule has 0 bridgehead atoms. The number of aryl methyl sites for hydroxylation is 1. The quantitative estimate of drug-likeness (QED) is 0.590. The number of hydrogen-bond donors (Lipinski definition) is 1. The summed E-state index contributed by atoms with van der Waals surface area (Å²) < 4.78 is 10.1. The van der Waals surface area contributed by atoms with E-state index in [2.05, 4.69) is 10.3 Å². The van der Waals surface area contributed by atoms with E-state index in [9.17, 15) is 4.79 Å². The number of thiazole rings is 1. The second kappa shape index (κ2) is 7.59. The zero-order chi connectivity index (χ0) is 14.4. The number of esters is 1. The molecule has 112 valence electrons. The molecule has 1 aromatic rings. The molecule has 6 heteroatoms. The molecule has 2 rings (SSSR count). The number of methoxy groups -OCH3 is 1. The number of aromatic nitrogens is 1. The highest BCUT2D eigenvalue weighted by Crippen LogP contribution is 2.38. The first-order valence-corrected chi connectivity index (χ1v) is 7.97. The Labute approximate surface area is 123 Å². The van der Waals surface area contributed by atoms with Gasteiger partial charge in [-0.2, -0.15) is 0 Å². The van der Waals surface area contributed by atoms with E-state index in [1.165, 1.54) is 4.88 Å². The molecular weight excluding hydrogens is 276 g/mol. The van der Waals surface area contributed by atoms with Crippen molar-refractivity contribution in [1.29, 1.82) is 0 Å². The van der Waals surface area contributed by atoms with Gasteiger partial charge in [0, 0.05) is 25.1 Å². The maximum absolute atomic E-state index is 11.9. The number of rotatable bonds is 8. The summed E-state index contributed by atoms with van der Waals surface area (Å²) in [4.78, 5) is 17.7. The Morgan fingerprint density at radius 2 is 2.35 bits per heavy atom. The van der Waals surface area contributed by atoms with Crippen LogP contribution in [-0.4, -0.2) is 37.8 Å². The molecule has 1 atom stereocenters. The summed E-state index contributed by atoms with van der Waals surface area (Å²) in [6.45, 7) is 3.95. The van der Waals surface area contributed by atoms with Crippen LogP contribution in [0.4, 0.5) is 5.13 Å². The zero-order valence-corrected chi connectivity index (χ0v) is 12.9. The Balaban J connectivity index is 1.86. The average Bonchev–Trinajstić information content (AvgIpc) is 2.98. The highest BCUT2D eigenvalue weighted by atomic mass is 32.1. The Morgan fingerprint density at radius 3 is 3.10 bits per heavy atom. The van der Waals surface area contributed by atoms with Gasteiger partial charge in [-0.25, -0.2) is 4.98 Å². The van der Waals surface area contributed by atoms with Crippen molar-refractivity contribution in [3.05, 3.63) is 10.6 Å². The SMILES string of the molecule is CCOC(=O)C1CCc2sc(NCCCCOC)nc21. The Bertz CT molecular complexity index is 448. The molecule has 1 unspecified atom stereocenters. The van der Waals surface area contributed by atoms with Gasteiger partial charge in [0.2, 0.25) is 0 Å². The van der Waals surface area contributed by atoms with Crippen molar-refractivity contribution in [3.8, 4) is 0 Å². The van der Waals surface area contributed by atoms with E-state index in [4.69, 9.17) is 9.47 Å². The number of ether oxygens (including phenoxy) is 2. The van der Waals surface area contributed by atoms with E-state index < -0.39 is 0 Å². The molecule has 0 fully saturated rings. The summed E-state index contributed by atoms with van der Waals surface area (Å²) in [5, 5.41) is 4.24. The lowest BCUT2D eigenvalue weighted by Gasteiger charge is -2.08. The van der Waals surface area contributed by atoms with Crippen LogP contribution in [0.2, 0.25) is 0 Å². The van der Waals surface area contributed by atoms with E-state index in [0.29, 0.717) is 6.61 Å². The lowest BCUT2D eigenvalue weighted by Crippen LogP contribution is -2.14. The van der Waals surface area contributed by atoms with Crippen LogP contribution in [0.1, 0.15) is 42.7 Å². The van der Waals surface area contributed by atoms with Gasteiger partial charge in [-0.3, -0.25) is 4.79 Å². The molecule has 20 heavy (non-hydrogen) atoms. The average molecular weight is 298 g/mol. The third-order valence-electron chi connectivity index (χ3n) is 3.34. The molecule has 1 N–H and O–H groups in total. The molecule has 0 spiro atoms. The molecule has 0 saturated heterocycles. The maximum Gasteiger partial charge on any atom is 0.315 e. The molecule has 1 aliphatic rings. The number of nitrogens with zero attached hydrogens (tertiary/aromatic N) is 1. The van der Waals surface area contributed by atoms with Gasteiger partial charge in [0.25, 0.3) is 0 Å². The predicted octanol–water partition coefficient (Wildman–Crippen LogP) is 2.57. The first-order valence-electron chi connectivity index (χ1n) is 7.15. The number of unbranched alkanes of at least 4 members (excludes halogenated alkanes) is 1. The van der Waals surface area contributed by atoms with Crippen LogP contribution in [-0.2, 0) is 20.7 Å². The van der Waals surface area contributed by atoms with Gasteiger partial charge in [0.05, 0.1) is 12.3 Å². The van der Waals surface area contributed by atoms with Crippen molar-refractivity contribution in [2.24, 2.45) is 0 Å². The lowest BCUT2D eigenvalue weighted by atomic mass is 10.1. The minimum Gasteiger partial charge on any atom is -0.465 e. The largest absolute Gasteiger partial charge is 0.465 e. The number of hydrogen-bond acceptors (Lipinski definition) is 6.